The fourth-order valence-electron chi connectivity index (χ4n) is 3.06. The molecule has 25 heavy (non-hydrogen) atoms. The van der Waals surface area contributed by atoms with E-state index in [1.54, 1.807) is 6.07 Å². The monoisotopic (exact) mass is 365 g/mol. The van der Waals surface area contributed by atoms with Crippen LogP contribution in [0.15, 0.2) is 24.3 Å². The second-order valence-electron chi connectivity index (χ2n) is 6.46. The lowest BCUT2D eigenvalue weighted by molar-refractivity contribution is -0.128. The summed E-state index contributed by atoms with van der Waals surface area (Å²) < 4.78 is 0. The smallest absolute Gasteiger partial charge is 0.345 e. The fourth-order valence-corrected chi connectivity index (χ4v) is 3.90. The van der Waals surface area contributed by atoms with Crippen LogP contribution in [0.1, 0.15) is 60.0 Å². The summed E-state index contributed by atoms with van der Waals surface area (Å²) in [5.74, 6) is -0.781. The van der Waals surface area contributed by atoms with Gasteiger partial charge in [0.25, 0.3) is 0 Å². The molecule has 1 aliphatic rings. The molecule has 1 aromatic heterocycles. The number of carbonyl (C=O) groups is 2. The van der Waals surface area contributed by atoms with Crippen molar-refractivity contribution in [2.24, 2.45) is 0 Å². The molecule has 6 heteroatoms. The summed E-state index contributed by atoms with van der Waals surface area (Å²) in [5.41, 5.74) is 0. The molecule has 5 nitrogen and oxygen atoms in total. The first kappa shape index (κ1) is 19.7. The molecule has 1 fully saturated rings. The third-order valence-corrected chi connectivity index (χ3v) is 5.64. The Morgan fingerprint density at radius 2 is 2.24 bits per heavy atom. The fraction of sp³-hybridized carbons (Fsp3) is 0.579. The highest BCUT2D eigenvalue weighted by Gasteiger charge is 2.28. The van der Waals surface area contributed by atoms with Gasteiger partial charge < -0.3 is 15.1 Å². The minimum Gasteiger partial charge on any atom is -0.477 e. The van der Waals surface area contributed by atoms with Gasteiger partial charge in [-0.05, 0) is 31.4 Å². The van der Waals surface area contributed by atoms with Crippen molar-refractivity contribution in [3.05, 3.63) is 34.0 Å². The van der Waals surface area contributed by atoms with Crippen molar-refractivity contribution in [1.82, 2.24) is 4.90 Å². The Labute approximate surface area is 153 Å². The Morgan fingerprint density at radius 1 is 1.44 bits per heavy atom. The zero-order valence-corrected chi connectivity index (χ0v) is 15.5. The Morgan fingerprint density at radius 3 is 2.92 bits per heavy atom. The van der Waals surface area contributed by atoms with Crippen molar-refractivity contribution >= 4 is 23.2 Å². The maximum Gasteiger partial charge on any atom is 0.345 e. The average molecular weight is 365 g/mol. The van der Waals surface area contributed by atoms with Gasteiger partial charge in [-0.15, -0.1) is 11.3 Å². The van der Waals surface area contributed by atoms with Gasteiger partial charge in [-0.2, -0.15) is 0 Å². The second kappa shape index (κ2) is 9.73. The third-order valence-electron chi connectivity index (χ3n) is 4.51. The lowest BCUT2D eigenvalue weighted by Crippen LogP contribution is -2.33. The van der Waals surface area contributed by atoms with E-state index in [1.165, 1.54) is 11.3 Å². The molecule has 1 saturated heterocycles. The number of aliphatic hydroxyl groups excluding tert-OH is 1. The minimum absolute atomic E-state index is 0.0345. The van der Waals surface area contributed by atoms with Gasteiger partial charge in [0.1, 0.15) is 4.88 Å². The van der Waals surface area contributed by atoms with Crippen LogP contribution in [0.3, 0.4) is 0 Å². The van der Waals surface area contributed by atoms with Crippen LogP contribution in [0.2, 0.25) is 0 Å². The number of hydrogen-bond acceptors (Lipinski definition) is 4. The summed E-state index contributed by atoms with van der Waals surface area (Å²) in [5, 5.41) is 19.0. The molecule has 0 bridgehead atoms. The van der Waals surface area contributed by atoms with E-state index in [-0.39, 0.29) is 11.9 Å². The molecule has 1 aromatic rings. The number of unbranched alkanes of at least 4 members (excludes halogenated alkanes) is 2. The first-order valence-corrected chi connectivity index (χ1v) is 9.80. The van der Waals surface area contributed by atoms with Crippen molar-refractivity contribution in [3.63, 3.8) is 0 Å². The molecule has 1 unspecified atom stereocenters. The highest BCUT2D eigenvalue weighted by Crippen LogP contribution is 2.23. The number of likely N-dealkylation sites (tertiary alicyclic amines) is 1. The van der Waals surface area contributed by atoms with Gasteiger partial charge in [-0.1, -0.05) is 38.3 Å². The van der Waals surface area contributed by atoms with E-state index in [9.17, 15) is 14.7 Å². The maximum atomic E-state index is 12.1. The molecule has 0 aliphatic carbocycles. The zero-order valence-electron chi connectivity index (χ0n) is 14.7. The van der Waals surface area contributed by atoms with Gasteiger partial charge >= 0.3 is 5.97 Å². The number of amides is 1. The van der Waals surface area contributed by atoms with Crippen LogP contribution in [0, 0.1) is 0 Å². The molecule has 138 valence electrons. The molecule has 0 radical (unpaired) electrons. The van der Waals surface area contributed by atoms with E-state index in [1.807, 2.05) is 23.1 Å². The average Bonchev–Trinajstić information content (AvgIpc) is 3.18. The molecule has 2 rings (SSSR count). The van der Waals surface area contributed by atoms with E-state index in [0.717, 1.165) is 37.0 Å². The van der Waals surface area contributed by atoms with Crippen molar-refractivity contribution in [3.8, 4) is 0 Å². The number of carboxylic acids is 1. The SMILES string of the molecule is CCCCC[C@H](O)C=CC1CCC(=O)N1CCc1ccc(C(=O)O)s1. The molecule has 0 aromatic carbocycles. The quantitative estimate of drug-likeness (QED) is 0.491. The lowest BCUT2D eigenvalue weighted by Gasteiger charge is -2.22. The molecular formula is C19H27NO4S. The standard InChI is InChI=1S/C19H27NO4S/c1-2-3-4-5-15(21)8-6-14-7-11-18(22)20(14)13-12-16-9-10-17(25-16)19(23)24/h6,8-10,14-15,21H,2-5,7,11-13H2,1H3,(H,23,24)/t14?,15-/m0/s1. The Bertz CT molecular complexity index is 610. The Balaban J connectivity index is 1.86. The van der Waals surface area contributed by atoms with Gasteiger partial charge in [0.2, 0.25) is 5.91 Å². The van der Waals surface area contributed by atoms with E-state index >= 15 is 0 Å². The predicted molar refractivity (Wildman–Crippen MR) is 99.0 cm³/mol. The largest absolute Gasteiger partial charge is 0.477 e. The number of aromatic carboxylic acids is 1. The second-order valence-corrected chi connectivity index (χ2v) is 7.63. The topological polar surface area (TPSA) is 77.8 Å². The number of hydrogen-bond donors (Lipinski definition) is 2. The van der Waals surface area contributed by atoms with Crippen LogP contribution < -0.4 is 0 Å². The van der Waals surface area contributed by atoms with E-state index in [0.29, 0.717) is 24.3 Å². The van der Waals surface area contributed by atoms with Crippen molar-refractivity contribution < 1.29 is 19.8 Å². The van der Waals surface area contributed by atoms with E-state index < -0.39 is 12.1 Å². The molecule has 2 heterocycles. The molecule has 2 atom stereocenters. The van der Waals surface area contributed by atoms with Gasteiger partial charge in [-0.25, -0.2) is 4.79 Å². The summed E-state index contributed by atoms with van der Waals surface area (Å²) in [6.45, 7) is 2.72. The number of rotatable bonds is 10. The number of carbonyl (C=O) groups excluding carboxylic acids is 1. The molecule has 2 N–H and O–H groups in total. The molecule has 0 saturated carbocycles. The number of nitrogens with zero attached hydrogens (tertiary/aromatic N) is 1. The normalized spacial score (nSPS) is 19.0. The highest BCUT2D eigenvalue weighted by molar-refractivity contribution is 7.13. The summed E-state index contributed by atoms with van der Waals surface area (Å²) >= 11 is 1.26. The highest BCUT2D eigenvalue weighted by atomic mass is 32.1. The number of thiophene rings is 1. The van der Waals surface area contributed by atoms with E-state index in [2.05, 4.69) is 6.92 Å². The predicted octanol–water partition coefficient (Wildman–Crippen LogP) is 3.48. The van der Waals surface area contributed by atoms with Crippen molar-refractivity contribution in [1.29, 1.82) is 0 Å². The van der Waals surface area contributed by atoms with Crippen molar-refractivity contribution in [2.45, 2.75) is 64.0 Å². The van der Waals surface area contributed by atoms with Crippen LogP contribution in [-0.2, 0) is 11.2 Å². The van der Waals surface area contributed by atoms with Gasteiger partial charge in [-0.3, -0.25) is 4.79 Å². The van der Waals surface area contributed by atoms with Gasteiger partial charge in [0, 0.05) is 17.8 Å². The van der Waals surface area contributed by atoms with Crippen LogP contribution in [0.4, 0.5) is 0 Å². The zero-order chi connectivity index (χ0) is 18.2. The van der Waals surface area contributed by atoms with Crippen LogP contribution in [0.25, 0.3) is 0 Å². The number of aliphatic hydroxyl groups is 1. The van der Waals surface area contributed by atoms with Gasteiger partial charge in [0.15, 0.2) is 0 Å². The molecular weight excluding hydrogens is 338 g/mol. The Hall–Kier alpha value is -1.66. The summed E-state index contributed by atoms with van der Waals surface area (Å²) in [7, 11) is 0. The van der Waals surface area contributed by atoms with Gasteiger partial charge in [0.05, 0.1) is 12.1 Å². The van der Waals surface area contributed by atoms with Crippen molar-refractivity contribution in [2.75, 3.05) is 6.54 Å². The van der Waals surface area contributed by atoms with Crippen LogP contribution in [-0.4, -0.2) is 45.7 Å². The van der Waals surface area contributed by atoms with E-state index in [4.69, 9.17) is 5.11 Å². The van der Waals surface area contributed by atoms with Crippen LogP contribution in [0.5, 0.6) is 0 Å². The maximum absolute atomic E-state index is 12.1. The Kier molecular flexibility index (Phi) is 7.65. The summed E-state index contributed by atoms with van der Waals surface area (Å²) in [6.07, 6.45) is 9.34. The molecule has 1 aliphatic heterocycles. The molecule has 1 amide bonds. The molecule has 0 spiro atoms. The number of carboxylic acid groups (broad SMARTS) is 1. The minimum atomic E-state index is -0.911. The van der Waals surface area contributed by atoms with Crippen LogP contribution >= 0.6 is 11.3 Å². The summed E-state index contributed by atoms with van der Waals surface area (Å²) in [4.78, 5) is 26.2. The lowest BCUT2D eigenvalue weighted by atomic mass is 10.1. The first-order valence-electron chi connectivity index (χ1n) is 8.99. The third kappa shape index (κ3) is 5.97. The first-order chi connectivity index (χ1) is 12.0. The summed E-state index contributed by atoms with van der Waals surface area (Å²) in [6, 6.07) is 3.46.